The number of likely N-dealkylation sites (tertiary alicyclic amines) is 1. The lowest BCUT2D eigenvalue weighted by Gasteiger charge is -2.36. The summed E-state index contributed by atoms with van der Waals surface area (Å²) >= 11 is 3.53. The molecule has 5 nitrogen and oxygen atoms in total. The molecule has 3 N–H and O–H groups in total. The highest BCUT2D eigenvalue weighted by Gasteiger charge is 2.26. The van der Waals surface area contributed by atoms with Gasteiger partial charge in [0, 0.05) is 43.0 Å². The van der Waals surface area contributed by atoms with Gasteiger partial charge in [-0.1, -0.05) is 34.1 Å². The van der Waals surface area contributed by atoms with Crippen molar-refractivity contribution in [3.63, 3.8) is 0 Å². The Morgan fingerprint density at radius 3 is 2.72 bits per heavy atom. The number of halogens is 2. The van der Waals surface area contributed by atoms with Crippen LogP contribution in [0.1, 0.15) is 37.7 Å². The number of carbonyl (C=O) groups excluding carboxylic acids is 2. The summed E-state index contributed by atoms with van der Waals surface area (Å²) in [5.41, 5.74) is 6.54. The Morgan fingerprint density at radius 2 is 2.00 bits per heavy atom. The Labute approximate surface area is 164 Å². The van der Waals surface area contributed by atoms with Gasteiger partial charge in [0.1, 0.15) is 0 Å². The Kier molecular flexibility index (Phi) is 10.1. The molecule has 1 aliphatic heterocycles. The first-order valence-electron chi connectivity index (χ1n) is 8.61. The second-order valence-electron chi connectivity index (χ2n) is 6.17. The maximum Gasteiger partial charge on any atom is 0.223 e. The van der Waals surface area contributed by atoms with Crippen molar-refractivity contribution < 1.29 is 9.59 Å². The summed E-state index contributed by atoms with van der Waals surface area (Å²) in [6, 6.07) is 8.10. The fourth-order valence-corrected chi connectivity index (χ4v) is 3.56. The lowest BCUT2D eigenvalue weighted by molar-refractivity contribution is -0.135. The minimum absolute atomic E-state index is 0. The average Bonchev–Trinajstić information content (AvgIpc) is 2.59. The maximum atomic E-state index is 12.6. The molecule has 1 atom stereocenters. The first kappa shape index (κ1) is 21.9. The lowest BCUT2D eigenvalue weighted by atomic mass is 10.0. The van der Waals surface area contributed by atoms with E-state index < -0.39 is 0 Å². The van der Waals surface area contributed by atoms with E-state index in [1.807, 2.05) is 29.2 Å². The number of amides is 2. The first-order valence-corrected chi connectivity index (χ1v) is 9.40. The number of nitrogens with zero attached hydrogens (tertiary/aromatic N) is 1. The largest absolute Gasteiger partial charge is 0.354 e. The number of nitrogens with one attached hydrogen (secondary N) is 1. The molecule has 0 aromatic heterocycles. The zero-order valence-corrected chi connectivity index (χ0v) is 16.8. The zero-order chi connectivity index (χ0) is 17.4. The highest BCUT2D eigenvalue weighted by atomic mass is 79.9. The van der Waals surface area contributed by atoms with Crippen LogP contribution in [-0.2, 0) is 16.0 Å². The molecule has 0 bridgehead atoms. The zero-order valence-electron chi connectivity index (χ0n) is 14.4. The fraction of sp³-hybridized carbons (Fsp3) is 0.556. The van der Waals surface area contributed by atoms with Crippen molar-refractivity contribution in [1.82, 2.24) is 10.2 Å². The topological polar surface area (TPSA) is 75.4 Å². The van der Waals surface area contributed by atoms with Crippen molar-refractivity contribution in [2.24, 2.45) is 5.73 Å². The summed E-state index contributed by atoms with van der Waals surface area (Å²) < 4.78 is 1.04. The number of hydrogen-bond acceptors (Lipinski definition) is 3. The molecule has 1 fully saturated rings. The van der Waals surface area contributed by atoms with Crippen LogP contribution >= 0.6 is 28.3 Å². The molecule has 7 heteroatoms. The van der Waals surface area contributed by atoms with Gasteiger partial charge in [0.2, 0.25) is 11.8 Å². The Hall–Kier alpha value is -1.11. The molecule has 1 saturated heterocycles. The van der Waals surface area contributed by atoms with Crippen LogP contribution in [0.15, 0.2) is 28.7 Å². The van der Waals surface area contributed by atoms with Crippen LogP contribution in [0.25, 0.3) is 0 Å². The van der Waals surface area contributed by atoms with Gasteiger partial charge >= 0.3 is 0 Å². The predicted molar refractivity (Wildman–Crippen MR) is 106 cm³/mol. The van der Waals surface area contributed by atoms with Gasteiger partial charge in [0.15, 0.2) is 0 Å². The van der Waals surface area contributed by atoms with E-state index in [9.17, 15) is 9.59 Å². The van der Waals surface area contributed by atoms with Crippen LogP contribution in [0.3, 0.4) is 0 Å². The number of benzene rings is 1. The van der Waals surface area contributed by atoms with Crippen molar-refractivity contribution in [3.05, 3.63) is 34.3 Å². The van der Waals surface area contributed by atoms with Gasteiger partial charge in [-0.2, -0.15) is 0 Å². The molecule has 1 aromatic carbocycles. The molecule has 1 heterocycles. The van der Waals surface area contributed by atoms with Crippen molar-refractivity contribution >= 4 is 40.2 Å². The van der Waals surface area contributed by atoms with Gasteiger partial charge in [-0.3, -0.25) is 9.59 Å². The highest BCUT2D eigenvalue weighted by Crippen LogP contribution is 2.21. The van der Waals surface area contributed by atoms with E-state index in [-0.39, 0.29) is 30.3 Å². The quantitative estimate of drug-likeness (QED) is 0.695. The Bertz CT molecular complexity index is 571. The molecule has 0 radical (unpaired) electrons. The molecule has 0 spiro atoms. The third-order valence-electron chi connectivity index (χ3n) is 4.42. The summed E-state index contributed by atoms with van der Waals surface area (Å²) in [5.74, 6) is 0.132. The van der Waals surface area contributed by atoms with Crippen LogP contribution in [0.4, 0.5) is 0 Å². The van der Waals surface area contributed by atoms with Gasteiger partial charge in [-0.05, 0) is 37.3 Å². The third-order valence-corrected chi connectivity index (χ3v) is 5.19. The van der Waals surface area contributed by atoms with Gasteiger partial charge < -0.3 is 16.0 Å². The monoisotopic (exact) mass is 431 g/mol. The molecule has 2 amide bonds. The number of rotatable bonds is 7. The van der Waals surface area contributed by atoms with Gasteiger partial charge in [-0.15, -0.1) is 12.4 Å². The van der Waals surface area contributed by atoms with E-state index in [2.05, 4.69) is 21.2 Å². The molecule has 1 aliphatic rings. The standard InChI is InChI=1S/C18H26BrN3O2.ClH/c19-16-7-2-1-5-14(16)8-9-18(24)22-12-4-3-6-15(22)13-21-17(23)10-11-20;/h1-2,5,7,15H,3-4,6,8-13,20H2,(H,21,23);1H. The van der Waals surface area contributed by atoms with Gasteiger partial charge in [-0.25, -0.2) is 0 Å². The number of hydrogen-bond donors (Lipinski definition) is 2. The van der Waals surface area contributed by atoms with E-state index in [0.717, 1.165) is 42.3 Å². The Balaban J connectivity index is 0.00000312. The number of aryl methyl sites for hydroxylation is 1. The molecular formula is C18H27BrClN3O2. The summed E-state index contributed by atoms with van der Waals surface area (Å²) in [6.07, 6.45) is 4.64. The molecule has 2 rings (SSSR count). The first-order chi connectivity index (χ1) is 11.6. The summed E-state index contributed by atoms with van der Waals surface area (Å²) in [7, 11) is 0. The number of piperidine rings is 1. The molecule has 140 valence electrons. The van der Waals surface area contributed by atoms with Crippen molar-refractivity contribution in [1.29, 1.82) is 0 Å². The second kappa shape index (κ2) is 11.5. The van der Waals surface area contributed by atoms with E-state index >= 15 is 0 Å². The third kappa shape index (κ3) is 6.96. The average molecular weight is 433 g/mol. The lowest BCUT2D eigenvalue weighted by Crippen LogP contribution is -2.49. The number of nitrogens with two attached hydrogens (primary N) is 1. The summed E-state index contributed by atoms with van der Waals surface area (Å²) in [5, 5.41) is 2.90. The van der Waals surface area contributed by atoms with E-state index in [0.29, 0.717) is 25.9 Å². The molecule has 1 aromatic rings. The fourth-order valence-electron chi connectivity index (χ4n) is 3.08. The second-order valence-corrected chi connectivity index (χ2v) is 7.03. The molecular weight excluding hydrogens is 406 g/mol. The van der Waals surface area contributed by atoms with Crippen LogP contribution in [0.2, 0.25) is 0 Å². The van der Waals surface area contributed by atoms with Crippen LogP contribution < -0.4 is 11.1 Å². The smallest absolute Gasteiger partial charge is 0.223 e. The summed E-state index contributed by atoms with van der Waals surface area (Å²) in [4.78, 5) is 26.2. The van der Waals surface area contributed by atoms with Crippen molar-refractivity contribution in [2.45, 2.75) is 44.6 Å². The molecule has 0 saturated carbocycles. The highest BCUT2D eigenvalue weighted by molar-refractivity contribution is 9.10. The summed E-state index contributed by atoms with van der Waals surface area (Å²) in [6.45, 7) is 1.66. The van der Waals surface area contributed by atoms with E-state index in [1.54, 1.807) is 0 Å². The molecule has 0 aliphatic carbocycles. The van der Waals surface area contributed by atoms with Crippen molar-refractivity contribution in [3.8, 4) is 0 Å². The minimum Gasteiger partial charge on any atom is -0.354 e. The minimum atomic E-state index is -0.0383. The van der Waals surface area contributed by atoms with Crippen molar-refractivity contribution in [2.75, 3.05) is 19.6 Å². The maximum absolute atomic E-state index is 12.6. The van der Waals surface area contributed by atoms with Gasteiger partial charge in [0.25, 0.3) is 0 Å². The normalized spacial score (nSPS) is 16.9. The number of carbonyl (C=O) groups is 2. The van der Waals surface area contributed by atoms with Crippen LogP contribution in [-0.4, -0.2) is 42.4 Å². The van der Waals surface area contributed by atoms with Crippen LogP contribution in [0.5, 0.6) is 0 Å². The van der Waals surface area contributed by atoms with E-state index in [4.69, 9.17) is 5.73 Å². The predicted octanol–water partition coefficient (Wildman–Crippen LogP) is 2.65. The molecule has 25 heavy (non-hydrogen) atoms. The van der Waals surface area contributed by atoms with Crippen LogP contribution in [0, 0.1) is 0 Å². The Morgan fingerprint density at radius 1 is 1.24 bits per heavy atom. The van der Waals surface area contributed by atoms with E-state index in [1.165, 1.54) is 0 Å². The SMILES string of the molecule is Cl.NCCC(=O)NCC1CCCCN1C(=O)CCc1ccccc1Br. The molecule has 1 unspecified atom stereocenters. The van der Waals surface area contributed by atoms with Gasteiger partial charge in [0.05, 0.1) is 0 Å².